The van der Waals surface area contributed by atoms with Gasteiger partial charge in [0.15, 0.2) is 19.8 Å². The van der Waals surface area contributed by atoms with E-state index in [2.05, 4.69) is 46.1 Å². The molecule has 2 atom stereocenters. The molecule has 0 aliphatic carbocycles. The standard InChI is InChI=1S/C19H30N2O4Si/c1-8-19-10-14(25-26(6,7)18(2,3)4)12-9-13(22)16(24-5)15(21(12)19)17(23)20-11-19/h9,14H,8,10-11H2,1-7H3,(H,20,23). The number of carbonyl (C=O) groups excluding carboxylic acids is 1. The maximum atomic E-state index is 12.6. The quantitative estimate of drug-likeness (QED) is 0.817. The van der Waals surface area contributed by atoms with Crippen molar-refractivity contribution in [2.75, 3.05) is 13.7 Å². The lowest BCUT2D eigenvalue weighted by Gasteiger charge is -2.39. The van der Waals surface area contributed by atoms with E-state index in [9.17, 15) is 9.59 Å². The number of ether oxygens (including phenoxy) is 1. The van der Waals surface area contributed by atoms with Crippen molar-refractivity contribution in [3.8, 4) is 5.75 Å². The van der Waals surface area contributed by atoms with E-state index in [1.807, 2.05) is 4.57 Å². The van der Waals surface area contributed by atoms with Gasteiger partial charge in [-0.05, 0) is 24.6 Å². The molecule has 1 aromatic rings. The first kappa shape index (κ1) is 19.2. The third-order valence-electron chi connectivity index (χ3n) is 6.47. The summed E-state index contributed by atoms with van der Waals surface area (Å²) in [6, 6.07) is 1.61. The Labute approximate surface area is 156 Å². The van der Waals surface area contributed by atoms with Crippen LogP contribution in [0.25, 0.3) is 0 Å². The molecule has 1 amide bonds. The molecule has 2 aliphatic rings. The second kappa shape index (κ2) is 5.95. The number of methoxy groups -OCH3 is 1. The van der Waals surface area contributed by atoms with Gasteiger partial charge in [-0.25, -0.2) is 0 Å². The molecule has 3 rings (SSSR count). The van der Waals surface area contributed by atoms with Crippen molar-refractivity contribution in [1.29, 1.82) is 0 Å². The van der Waals surface area contributed by atoms with Crippen molar-refractivity contribution in [2.45, 2.75) is 70.3 Å². The van der Waals surface area contributed by atoms with Gasteiger partial charge in [-0.3, -0.25) is 9.59 Å². The fourth-order valence-electron chi connectivity index (χ4n) is 3.84. The number of amides is 1. The van der Waals surface area contributed by atoms with Crippen molar-refractivity contribution in [2.24, 2.45) is 0 Å². The van der Waals surface area contributed by atoms with Crippen LogP contribution in [0.3, 0.4) is 0 Å². The van der Waals surface area contributed by atoms with Crippen LogP contribution in [0.2, 0.25) is 18.1 Å². The summed E-state index contributed by atoms with van der Waals surface area (Å²) in [5.74, 6) is -0.130. The van der Waals surface area contributed by atoms with Crippen LogP contribution in [0.1, 0.15) is 62.8 Å². The maximum Gasteiger partial charge on any atom is 0.272 e. The largest absolute Gasteiger partial charge is 0.491 e. The smallest absolute Gasteiger partial charge is 0.272 e. The van der Waals surface area contributed by atoms with Crippen molar-refractivity contribution in [3.63, 3.8) is 0 Å². The highest BCUT2D eigenvalue weighted by Gasteiger charge is 2.51. The van der Waals surface area contributed by atoms with E-state index in [0.717, 1.165) is 18.5 Å². The summed E-state index contributed by atoms with van der Waals surface area (Å²) in [6.07, 6.45) is 1.42. The topological polar surface area (TPSA) is 69.6 Å². The molecule has 2 unspecified atom stereocenters. The van der Waals surface area contributed by atoms with Gasteiger partial charge in [-0.2, -0.15) is 0 Å². The molecule has 0 radical (unpaired) electrons. The van der Waals surface area contributed by atoms with E-state index in [4.69, 9.17) is 9.16 Å². The molecule has 0 saturated heterocycles. The number of hydrogen-bond donors (Lipinski definition) is 1. The Bertz CT molecular complexity index is 809. The number of nitrogens with one attached hydrogen (secondary N) is 1. The number of rotatable bonds is 4. The zero-order chi connectivity index (χ0) is 19.5. The molecule has 0 bridgehead atoms. The molecule has 0 aromatic carbocycles. The van der Waals surface area contributed by atoms with Gasteiger partial charge in [-0.1, -0.05) is 27.7 Å². The maximum absolute atomic E-state index is 12.6. The fourth-order valence-corrected chi connectivity index (χ4v) is 5.11. The molecule has 3 heterocycles. The average molecular weight is 379 g/mol. The second-order valence-electron chi connectivity index (χ2n) is 8.98. The number of pyridine rings is 1. The van der Waals surface area contributed by atoms with E-state index < -0.39 is 8.32 Å². The van der Waals surface area contributed by atoms with E-state index in [1.54, 1.807) is 6.07 Å². The van der Waals surface area contributed by atoms with Crippen LogP contribution in [-0.2, 0) is 9.96 Å². The summed E-state index contributed by atoms with van der Waals surface area (Å²) in [6.45, 7) is 13.7. The first-order valence-corrected chi connectivity index (χ1v) is 12.2. The summed E-state index contributed by atoms with van der Waals surface area (Å²) < 4.78 is 14.0. The van der Waals surface area contributed by atoms with Gasteiger partial charge >= 0.3 is 0 Å². The van der Waals surface area contributed by atoms with Gasteiger partial charge in [-0.15, -0.1) is 0 Å². The Kier molecular flexibility index (Phi) is 4.39. The van der Waals surface area contributed by atoms with E-state index in [-0.39, 0.29) is 33.8 Å². The van der Waals surface area contributed by atoms with Crippen LogP contribution in [0.5, 0.6) is 5.75 Å². The van der Waals surface area contributed by atoms with Crippen LogP contribution < -0.4 is 15.5 Å². The van der Waals surface area contributed by atoms with Crippen LogP contribution in [0.15, 0.2) is 10.9 Å². The molecule has 0 spiro atoms. The van der Waals surface area contributed by atoms with E-state index >= 15 is 0 Å². The first-order chi connectivity index (χ1) is 12.0. The molecule has 144 valence electrons. The van der Waals surface area contributed by atoms with Gasteiger partial charge < -0.3 is 19.0 Å². The molecule has 26 heavy (non-hydrogen) atoms. The van der Waals surface area contributed by atoms with Crippen LogP contribution in [0, 0.1) is 0 Å². The SMILES string of the molecule is CCC12CNC(=O)c3c(OC)c(=O)cc(n31)C(O[Si](C)(C)C(C)(C)C)C2. The number of carbonyl (C=O) groups is 1. The van der Waals surface area contributed by atoms with Crippen molar-refractivity contribution in [1.82, 2.24) is 9.88 Å². The zero-order valence-corrected chi connectivity index (χ0v) is 17.9. The Morgan fingerprint density at radius 3 is 2.54 bits per heavy atom. The second-order valence-corrected chi connectivity index (χ2v) is 13.7. The normalized spacial score (nSPS) is 25.0. The summed E-state index contributed by atoms with van der Waals surface area (Å²) in [5.41, 5.74) is 0.616. The molecule has 7 heteroatoms. The lowest BCUT2D eigenvalue weighted by molar-refractivity contribution is 0.0845. The minimum Gasteiger partial charge on any atom is -0.491 e. The zero-order valence-electron chi connectivity index (χ0n) is 16.9. The highest BCUT2D eigenvalue weighted by atomic mass is 28.4. The molecular formula is C19H30N2O4Si. The third-order valence-corrected chi connectivity index (χ3v) is 11.0. The summed E-state index contributed by atoms with van der Waals surface area (Å²) in [5, 5.41) is 3.03. The van der Waals surface area contributed by atoms with Crippen LogP contribution in [-0.4, -0.2) is 32.4 Å². The highest BCUT2D eigenvalue weighted by Crippen LogP contribution is 2.49. The summed E-state index contributed by atoms with van der Waals surface area (Å²) in [7, 11) is -0.593. The Hall–Kier alpha value is -1.60. The average Bonchev–Trinajstić information content (AvgIpc) is 2.84. The summed E-state index contributed by atoms with van der Waals surface area (Å²) in [4.78, 5) is 25.2. The van der Waals surface area contributed by atoms with Crippen molar-refractivity contribution < 1.29 is 14.0 Å². The van der Waals surface area contributed by atoms with Crippen LogP contribution >= 0.6 is 0 Å². The lowest BCUT2D eigenvalue weighted by atomic mass is 9.90. The minimum atomic E-state index is -2.03. The lowest BCUT2D eigenvalue weighted by Crippen LogP contribution is -2.51. The molecule has 1 aromatic heterocycles. The molecule has 2 aliphatic heterocycles. The highest BCUT2D eigenvalue weighted by molar-refractivity contribution is 6.74. The van der Waals surface area contributed by atoms with Gasteiger partial charge in [0.1, 0.15) is 0 Å². The molecule has 0 fully saturated rings. The van der Waals surface area contributed by atoms with Gasteiger partial charge in [0.2, 0.25) is 5.43 Å². The van der Waals surface area contributed by atoms with Crippen molar-refractivity contribution >= 4 is 14.2 Å². The van der Waals surface area contributed by atoms with Gasteiger partial charge in [0.05, 0.1) is 24.4 Å². The van der Waals surface area contributed by atoms with Gasteiger partial charge in [0, 0.05) is 19.0 Å². The number of hydrogen-bond acceptors (Lipinski definition) is 4. The monoisotopic (exact) mass is 378 g/mol. The van der Waals surface area contributed by atoms with E-state index in [0.29, 0.717) is 12.2 Å². The number of nitrogens with zero attached hydrogens (tertiary/aromatic N) is 1. The fraction of sp³-hybridized carbons (Fsp3) is 0.684. The van der Waals surface area contributed by atoms with Crippen molar-refractivity contribution in [3.05, 3.63) is 27.7 Å². The molecule has 6 nitrogen and oxygen atoms in total. The Morgan fingerprint density at radius 1 is 1.35 bits per heavy atom. The third kappa shape index (κ3) is 2.63. The number of aromatic nitrogens is 1. The molecule has 0 saturated carbocycles. The van der Waals surface area contributed by atoms with Crippen LogP contribution in [0.4, 0.5) is 0 Å². The predicted octanol–water partition coefficient (Wildman–Crippen LogP) is 3.17. The molecule has 1 N–H and O–H groups in total. The first-order valence-electron chi connectivity index (χ1n) is 9.28. The minimum absolute atomic E-state index is 0.0686. The molecular weight excluding hydrogens is 348 g/mol. The predicted molar refractivity (Wildman–Crippen MR) is 103 cm³/mol. The van der Waals surface area contributed by atoms with E-state index in [1.165, 1.54) is 7.11 Å². The Balaban J connectivity index is 2.19. The summed E-state index contributed by atoms with van der Waals surface area (Å²) >= 11 is 0. The Morgan fingerprint density at radius 2 is 2.00 bits per heavy atom. The van der Waals surface area contributed by atoms with Gasteiger partial charge in [0.25, 0.3) is 5.91 Å².